The summed E-state index contributed by atoms with van der Waals surface area (Å²) in [6.07, 6.45) is 4.49. The lowest BCUT2D eigenvalue weighted by Gasteiger charge is -2.16. The minimum atomic E-state index is -0.0741. The van der Waals surface area contributed by atoms with Gasteiger partial charge in [-0.05, 0) is 13.8 Å². The lowest BCUT2D eigenvalue weighted by atomic mass is 10.2. The fourth-order valence-corrected chi connectivity index (χ4v) is 3.45. The van der Waals surface area contributed by atoms with Crippen LogP contribution in [0.5, 0.6) is 5.88 Å². The van der Waals surface area contributed by atoms with Crippen LogP contribution in [0.15, 0.2) is 12.5 Å². The highest BCUT2D eigenvalue weighted by Crippen LogP contribution is 2.27. The second-order valence-electron chi connectivity index (χ2n) is 6.64. The molecule has 3 aromatic heterocycles. The number of likely N-dealkylation sites (tertiary alicyclic amines) is 1. The molecule has 0 unspecified atom stereocenters. The van der Waals surface area contributed by atoms with E-state index < -0.39 is 0 Å². The molecule has 4 rings (SSSR count). The van der Waals surface area contributed by atoms with E-state index in [4.69, 9.17) is 4.74 Å². The molecule has 1 aliphatic heterocycles. The van der Waals surface area contributed by atoms with Crippen molar-refractivity contribution in [2.75, 3.05) is 13.1 Å². The first-order chi connectivity index (χ1) is 13.1. The van der Waals surface area contributed by atoms with Crippen molar-refractivity contribution in [3.63, 3.8) is 0 Å². The number of aromatic amines is 1. The zero-order chi connectivity index (χ0) is 19.0. The van der Waals surface area contributed by atoms with E-state index in [1.807, 2.05) is 30.4 Å². The summed E-state index contributed by atoms with van der Waals surface area (Å²) in [7, 11) is 0. The van der Waals surface area contributed by atoms with E-state index in [9.17, 15) is 4.79 Å². The molecule has 9 nitrogen and oxygen atoms in total. The third-order valence-electron chi connectivity index (χ3n) is 4.99. The summed E-state index contributed by atoms with van der Waals surface area (Å²) in [6, 6.07) is 0. The molecule has 1 N–H and O–H groups in total. The van der Waals surface area contributed by atoms with Gasteiger partial charge in [-0.3, -0.25) is 9.48 Å². The van der Waals surface area contributed by atoms with Gasteiger partial charge >= 0.3 is 0 Å². The number of nitrogens with one attached hydrogen (secondary N) is 1. The number of aryl methyl sites for hydroxylation is 1. The van der Waals surface area contributed by atoms with Crippen LogP contribution in [0.1, 0.15) is 32.4 Å². The van der Waals surface area contributed by atoms with Crippen LogP contribution >= 0.6 is 0 Å². The van der Waals surface area contributed by atoms with Crippen LogP contribution in [0, 0.1) is 6.92 Å². The van der Waals surface area contributed by atoms with Gasteiger partial charge in [0.05, 0.1) is 18.3 Å². The number of carbonyl (C=O) groups is 1. The number of ether oxygens (including phenoxy) is 1. The Kier molecular flexibility index (Phi) is 4.51. The third kappa shape index (κ3) is 3.13. The largest absolute Gasteiger partial charge is 0.471 e. The SMILES string of the molecule is CCC(=O)N1CC[C@H](Oc2ncnc3nc(-c4cnn(CC)c4C)[nH]c23)C1. The van der Waals surface area contributed by atoms with E-state index in [1.165, 1.54) is 6.33 Å². The van der Waals surface area contributed by atoms with Crippen LogP contribution in [-0.2, 0) is 11.3 Å². The molecule has 0 saturated carbocycles. The van der Waals surface area contributed by atoms with E-state index in [0.717, 1.165) is 30.8 Å². The summed E-state index contributed by atoms with van der Waals surface area (Å²) < 4.78 is 8.00. The Morgan fingerprint density at radius 2 is 2.22 bits per heavy atom. The van der Waals surface area contributed by atoms with Crippen LogP contribution < -0.4 is 4.74 Å². The van der Waals surface area contributed by atoms with Crippen molar-refractivity contribution in [1.82, 2.24) is 34.6 Å². The highest BCUT2D eigenvalue weighted by molar-refractivity contribution is 5.80. The molecule has 1 saturated heterocycles. The smallest absolute Gasteiger partial charge is 0.243 e. The van der Waals surface area contributed by atoms with Gasteiger partial charge in [-0.15, -0.1) is 0 Å². The molecule has 1 atom stereocenters. The minimum Gasteiger partial charge on any atom is -0.471 e. The zero-order valence-electron chi connectivity index (χ0n) is 15.8. The Morgan fingerprint density at radius 3 is 2.96 bits per heavy atom. The molecule has 1 fully saturated rings. The topological polar surface area (TPSA) is 102 Å². The van der Waals surface area contributed by atoms with E-state index in [0.29, 0.717) is 35.8 Å². The van der Waals surface area contributed by atoms with Gasteiger partial charge in [0.1, 0.15) is 23.8 Å². The van der Waals surface area contributed by atoms with Gasteiger partial charge in [-0.1, -0.05) is 6.92 Å². The second-order valence-corrected chi connectivity index (χ2v) is 6.64. The summed E-state index contributed by atoms with van der Waals surface area (Å²) in [6.45, 7) is 8.04. The molecule has 1 amide bonds. The maximum atomic E-state index is 11.9. The standard InChI is InChI=1S/C18H23N7O2/c1-4-14(26)24-7-6-12(9-24)27-18-15-17(19-10-20-18)23-16(22-15)13-8-21-25(5-2)11(13)3/h8,10,12H,4-7,9H2,1-3H3,(H,19,20,22,23)/t12-/m0/s1. The fraction of sp³-hybridized carbons (Fsp3) is 0.500. The highest BCUT2D eigenvalue weighted by Gasteiger charge is 2.28. The molecule has 3 aromatic rings. The van der Waals surface area contributed by atoms with Gasteiger partial charge < -0.3 is 14.6 Å². The number of fused-ring (bicyclic) bond motifs is 1. The quantitative estimate of drug-likeness (QED) is 0.737. The maximum absolute atomic E-state index is 11.9. The van der Waals surface area contributed by atoms with Crippen molar-refractivity contribution in [3.8, 4) is 17.3 Å². The average Bonchev–Trinajstić information content (AvgIpc) is 3.39. The number of nitrogens with zero attached hydrogens (tertiary/aromatic N) is 6. The second kappa shape index (κ2) is 6.98. The summed E-state index contributed by atoms with van der Waals surface area (Å²) >= 11 is 0. The van der Waals surface area contributed by atoms with Gasteiger partial charge in [0, 0.05) is 31.6 Å². The van der Waals surface area contributed by atoms with E-state index in [-0.39, 0.29) is 12.0 Å². The van der Waals surface area contributed by atoms with Crippen molar-refractivity contribution < 1.29 is 9.53 Å². The first-order valence-corrected chi connectivity index (χ1v) is 9.28. The molecular weight excluding hydrogens is 346 g/mol. The first-order valence-electron chi connectivity index (χ1n) is 9.28. The molecule has 142 valence electrons. The number of imidazole rings is 1. The molecular formula is C18H23N7O2. The van der Waals surface area contributed by atoms with Gasteiger partial charge in [-0.25, -0.2) is 9.97 Å². The molecule has 0 radical (unpaired) electrons. The van der Waals surface area contributed by atoms with Gasteiger partial charge in [0.2, 0.25) is 11.8 Å². The number of H-pyrrole nitrogens is 1. The van der Waals surface area contributed by atoms with Crippen LogP contribution in [0.4, 0.5) is 0 Å². The van der Waals surface area contributed by atoms with E-state index >= 15 is 0 Å². The molecule has 0 aromatic carbocycles. The average molecular weight is 369 g/mol. The predicted octanol–water partition coefficient (Wildman–Crippen LogP) is 1.93. The molecule has 0 spiro atoms. The predicted molar refractivity (Wildman–Crippen MR) is 99.2 cm³/mol. The Bertz CT molecular complexity index is 977. The molecule has 9 heteroatoms. The summed E-state index contributed by atoms with van der Waals surface area (Å²) in [5, 5.41) is 4.37. The lowest BCUT2D eigenvalue weighted by Crippen LogP contribution is -2.30. The summed E-state index contributed by atoms with van der Waals surface area (Å²) in [5.74, 6) is 1.32. The summed E-state index contributed by atoms with van der Waals surface area (Å²) in [5.41, 5.74) is 3.19. The summed E-state index contributed by atoms with van der Waals surface area (Å²) in [4.78, 5) is 30.1. The van der Waals surface area contributed by atoms with Crippen molar-refractivity contribution in [1.29, 1.82) is 0 Å². The van der Waals surface area contributed by atoms with Gasteiger partial charge in [-0.2, -0.15) is 10.1 Å². The Morgan fingerprint density at radius 1 is 1.37 bits per heavy atom. The van der Waals surface area contributed by atoms with E-state index in [2.05, 4.69) is 25.0 Å². The molecule has 0 aliphatic carbocycles. The number of hydrogen-bond acceptors (Lipinski definition) is 6. The maximum Gasteiger partial charge on any atom is 0.243 e. The van der Waals surface area contributed by atoms with Crippen molar-refractivity contribution in [2.45, 2.75) is 46.3 Å². The van der Waals surface area contributed by atoms with Crippen LogP contribution in [0.2, 0.25) is 0 Å². The first kappa shape index (κ1) is 17.4. The molecule has 1 aliphatic rings. The van der Waals surface area contributed by atoms with Gasteiger partial charge in [0.25, 0.3) is 0 Å². The van der Waals surface area contributed by atoms with Crippen LogP contribution in [-0.4, -0.2) is 59.7 Å². The highest BCUT2D eigenvalue weighted by atomic mass is 16.5. The van der Waals surface area contributed by atoms with Crippen molar-refractivity contribution in [2.24, 2.45) is 0 Å². The molecule has 0 bridgehead atoms. The number of aromatic nitrogens is 6. The molecule has 4 heterocycles. The van der Waals surface area contributed by atoms with E-state index in [1.54, 1.807) is 6.20 Å². The van der Waals surface area contributed by atoms with Crippen molar-refractivity contribution >= 4 is 17.1 Å². The zero-order valence-corrected chi connectivity index (χ0v) is 15.8. The monoisotopic (exact) mass is 369 g/mol. The Labute approximate surface area is 156 Å². The Balaban J connectivity index is 1.60. The van der Waals surface area contributed by atoms with Crippen molar-refractivity contribution in [3.05, 3.63) is 18.2 Å². The minimum absolute atomic E-state index is 0.0741. The third-order valence-corrected chi connectivity index (χ3v) is 4.99. The van der Waals surface area contributed by atoms with Gasteiger partial charge in [0.15, 0.2) is 5.65 Å². The Hall–Kier alpha value is -2.97. The molecule has 27 heavy (non-hydrogen) atoms. The number of amides is 1. The number of hydrogen-bond donors (Lipinski definition) is 1. The lowest BCUT2D eigenvalue weighted by molar-refractivity contribution is -0.130. The van der Waals surface area contributed by atoms with Crippen LogP contribution in [0.3, 0.4) is 0 Å². The number of carbonyl (C=O) groups excluding carboxylic acids is 1. The number of rotatable bonds is 5. The fourth-order valence-electron chi connectivity index (χ4n) is 3.45. The van der Waals surface area contributed by atoms with Crippen LogP contribution in [0.25, 0.3) is 22.6 Å². The normalized spacial score (nSPS) is 17.0.